The van der Waals surface area contributed by atoms with Crippen LogP contribution in [0.5, 0.6) is 0 Å². The average molecular weight is 563 g/mol. The van der Waals surface area contributed by atoms with Gasteiger partial charge in [-0.2, -0.15) is 0 Å². The van der Waals surface area contributed by atoms with Crippen LogP contribution >= 0.6 is 0 Å². The molecular formula is C33H43FN4O3. The average Bonchev–Trinajstić information content (AvgIpc) is 3.35. The van der Waals surface area contributed by atoms with Crippen molar-refractivity contribution in [3.63, 3.8) is 0 Å². The predicted octanol–water partition coefficient (Wildman–Crippen LogP) is 5.33. The standard InChI is InChI=1S/C33H43FN4O3/c1-21(2)13-29(38-19-24(9-10-30(38)39)18-37-12-11-27(34)20-37)33(35)28(15-31(40)41-5)25-14-26(17-36-16-25)32-22(3)7-6-8-23(32)4/h6-10,14,16-17,19,21,27-29,33H,11-13,15,18,20,35H2,1-5H3/t27-,28+,29+,33+/m1/s1. The number of esters is 1. The van der Waals surface area contributed by atoms with Crippen LogP contribution in [0.15, 0.2) is 59.8 Å². The fraction of sp³-hybridized carbons (Fsp3) is 0.485. The van der Waals surface area contributed by atoms with Gasteiger partial charge in [-0.15, -0.1) is 0 Å². The summed E-state index contributed by atoms with van der Waals surface area (Å²) in [5.41, 5.74) is 13.0. The molecule has 1 aliphatic heterocycles. The van der Waals surface area contributed by atoms with Crippen LogP contribution in [-0.2, 0) is 16.1 Å². The van der Waals surface area contributed by atoms with E-state index in [9.17, 15) is 14.0 Å². The van der Waals surface area contributed by atoms with Gasteiger partial charge in [0.1, 0.15) is 6.17 Å². The number of aryl methyl sites for hydroxylation is 2. The number of alkyl halides is 1. The van der Waals surface area contributed by atoms with Crippen molar-refractivity contribution in [2.24, 2.45) is 11.7 Å². The Balaban J connectivity index is 1.74. The Morgan fingerprint density at radius 2 is 1.90 bits per heavy atom. The van der Waals surface area contributed by atoms with Crippen molar-refractivity contribution in [1.29, 1.82) is 0 Å². The van der Waals surface area contributed by atoms with Gasteiger partial charge in [-0.1, -0.05) is 38.1 Å². The number of pyridine rings is 2. The first-order valence-corrected chi connectivity index (χ1v) is 14.5. The minimum absolute atomic E-state index is 0.0598. The van der Waals surface area contributed by atoms with Crippen LogP contribution in [0.3, 0.4) is 0 Å². The Labute approximate surface area is 242 Å². The smallest absolute Gasteiger partial charge is 0.306 e. The molecule has 0 saturated carbocycles. The summed E-state index contributed by atoms with van der Waals surface area (Å²) in [4.78, 5) is 32.6. The van der Waals surface area contributed by atoms with E-state index in [-0.39, 0.29) is 29.9 Å². The lowest BCUT2D eigenvalue weighted by atomic mass is 9.82. The molecule has 4 atom stereocenters. The minimum Gasteiger partial charge on any atom is -0.469 e. The number of likely N-dealkylation sites (tertiary alicyclic amines) is 1. The SMILES string of the molecule is COC(=O)C[C@@H](c1cncc(-c2c(C)cccc2C)c1)[C@H](N)[C@H](CC(C)C)n1cc(CN2CC[C@@H](F)C2)ccc1=O. The van der Waals surface area contributed by atoms with Gasteiger partial charge >= 0.3 is 5.97 Å². The summed E-state index contributed by atoms with van der Waals surface area (Å²) in [6.45, 7) is 10.00. The second-order valence-corrected chi connectivity index (χ2v) is 11.8. The molecule has 0 radical (unpaired) electrons. The van der Waals surface area contributed by atoms with Gasteiger partial charge in [0.05, 0.1) is 19.6 Å². The minimum atomic E-state index is -0.810. The molecule has 2 N–H and O–H groups in total. The maximum absolute atomic E-state index is 13.8. The maximum atomic E-state index is 13.8. The van der Waals surface area contributed by atoms with E-state index in [1.165, 1.54) is 7.11 Å². The number of nitrogens with two attached hydrogens (primary N) is 1. The first-order chi connectivity index (χ1) is 19.6. The molecule has 2 aromatic heterocycles. The van der Waals surface area contributed by atoms with Crippen LogP contribution in [0.2, 0.25) is 0 Å². The van der Waals surface area contributed by atoms with Crippen LogP contribution in [-0.4, -0.2) is 52.8 Å². The highest BCUT2D eigenvalue weighted by Gasteiger charge is 2.33. The van der Waals surface area contributed by atoms with Gasteiger partial charge in [0, 0.05) is 61.8 Å². The normalized spacial score (nSPS) is 17.9. The van der Waals surface area contributed by atoms with Crippen molar-refractivity contribution in [1.82, 2.24) is 14.5 Å². The Kier molecular flexibility index (Phi) is 10.1. The number of methoxy groups -OCH3 is 1. The Morgan fingerprint density at radius 3 is 2.54 bits per heavy atom. The molecule has 1 fully saturated rings. The summed E-state index contributed by atoms with van der Waals surface area (Å²) in [5, 5.41) is 0. The molecule has 0 spiro atoms. The van der Waals surface area contributed by atoms with Crippen LogP contribution < -0.4 is 11.3 Å². The summed E-state index contributed by atoms with van der Waals surface area (Å²) in [6, 6.07) is 10.6. The van der Waals surface area contributed by atoms with Crippen LogP contribution in [0.4, 0.5) is 4.39 Å². The number of nitrogens with zero attached hydrogens (tertiary/aromatic N) is 3. The van der Waals surface area contributed by atoms with Crippen molar-refractivity contribution in [2.75, 3.05) is 20.2 Å². The van der Waals surface area contributed by atoms with E-state index in [0.29, 0.717) is 32.5 Å². The second-order valence-electron chi connectivity index (χ2n) is 11.8. The van der Waals surface area contributed by atoms with Gasteiger partial charge in [0.2, 0.25) is 0 Å². The van der Waals surface area contributed by atoms with Crippen molar-refractivity contribution in [3.05, 3.63) is 87.6 Å². The number of halogens is 1. The molecule has 41 heavy (non-hydrogen) atoms. The number of hydrogen-bond acceptors (Lipinski definition) is 6. The second kappa shape index (κ2) is 13.5. The Morgan fingerprint density at radius 1 is 1.17 bits per heavy atom. The number of rotatable bonds is 11. The van der Waals surface area contributed by atoms with E-state index >= 15 is 0 Å². The number of hydrogen-bond donors (Lipinski definition) is 1. The van der Waals surface area contributed by atoms with Gasteiger partial charge < -0.3 is 15.0 Å². The lowest BCUT2D eigenvalue weighted by Gasteiger charge is -2.33. The third kappa shape index (κ3) is 7.49. The molecule has 0 aliphatic carbocycles. The monoisotopic (exact) mass is 562 g/mol. The molecule has 1 aliphatic rings. The number of carbonyl (C=O) groups excluding carboxylic acids is 1. The van der Waals surface area contributed by atoms with Crippen molar-refractivity contribution < 1.29 is 13.9 Å². The molecule has 0 amide bonds. The summed E-state index contributed by atoms with van der Waals surface area (Å²) in [5.74, 6) is -0.572. The van der Waals surface area contributed by atoms with Gasteiger partial charge in [0.25, 0.3) is 5.56 Å². The molecule has 3 aromatic rings. The Bertz CT molecular complexity index is 1380. The molecule has 220 valence electrons. The highest BCUT2D eigenvalue weighted by Crippen LogP contribution is 2.35. The third-order valence-corrected chi connectivity index (χ3v) is 8.17. The van der Waals surface area contributed by atoms with E-state index in [0.717, 1.165) is 33.4 Å². The molecule has 4 rings (SSSR count). The van der Waals surface area contributed by atoms with Crippen molar-refractivity contribution in [3.8, 4) is 11.1 Å². The quantitative estimate of drug-likeness (QED) is 0.318. The summed E-state index contributed by atoms with van der Waals surface area (Å²) in [6.07, 6.45) is 5.88. The van der Waals surface area contributed by atoms with Crippen molar-refractivity contribution >= 4 is 5.97 Å². The van der Waals surface area contributed by atoms with E-state index in [2.05, 4.69) is 55.8 Å². The van der Waals surface area contributed by atoms with E-state index in [1.807, 2.05) is 24.5 Å². The van der Waals surface area contributed by atoms with Crippen LogP contribution in [0, 0.1) is 19.8 Å². The van der Waals surface area contributed by atoms with Gasteiger partial charge in [-0.25, -0.2) is 4.39 Å². The van der Waals surface area contributed by atoms with Crippen molar-refractivity contribution in [2.45, 2.75) is 77.7 Å². The highest BCUT2D eigenvalue weighted by atomic mass is 19.1. The zero-order valence-electron chi connectivity index (χ0n) is 24.8. The molecule has 3 heterocycles. The van der Waals surface area contributed by atoms with Gasteiger partial charge in [-0.3, -0.25) is 19.5 Å². The Hall–Kier alpha value is -3.36. The number of ether oxygens (including phenoxy) is 1. The van der Waals surface area contributed by atoms with Gasteiger partial charge in [-0.05, 0) is 66.5 Å². The topological polar surface area (TPSA) is 90.4 Å². The molecule has 1 aromatic carbocycles. The van der Waals surface area contributed by atoms with E-state index in [4.69, 9.17) is 10.5 Å². The van der Waals surface area contributed by atoms with Crippen LogP contribution in [0.1, 0.15) is 67.3 Å². The third-order valence-electron chi connectivity index (χ3n) is 8.17. The highest BCUT2D eigenvalue weighted by molar-refractivity contribution is 5.72. The zero-order valence-corrected chi connectivity index (χ0v) is 24.8. The zero-order chi connectivity index (χ0) is 29.7. The number of carbonyl (C=O) groups is 1. The summed E-state index contributed by atoms with van der Waals surface area (Å²) in [7, 11) is 1.37. The van der Waals surface area contributed by atoms with Gasteiger partial charge in [0.15, 0.2) is 0 Å². The van der Waals surface area contributed by atoms with E-state index in [1.54, 1.807) is 16.8 Å². The molecule has 7 nitrogen and oxygen atoms in total. The lowest BCUT2D eigenvalue weighted by Crippen LogP contribution is -2.43. The molecule has 8 heteroatoms. The van der Waals surface area contributed by atoms with Crippen LogP contribution in [0.25, 0.3) is 11.1 Å². The van der Waals surface area contributed by atoms with E-state index < -0.39 is 18.1 Å². The number of benzene rings is 1. The summed E-state index contributed by atoms with van der Waals surface area (Å²) < 4.78 is 20.6. The largest absolute Gasteiger partial charge is 0.469 e. The maximum Gasteiger partial charge on any atom is 0.306 e. The molecular weight excluding hydrogens is 519 g/mol. The fourth-order valence-corrected chi connectivity index (χ4v) is 6.10. The molecule has 1 saturated heterocycles. The molecule has 0 bridgehead atoms. The first-order valence-electron chi connectivity index (χ1n) is 14.5. The molecule has 0 unspecified atom stereocenters. The fourth-order valence-electron chi connectivity index (χ4n) is 6.10. The number of aromatic nitrogens is 2. The first kappa shape index (κ1) is 30.6. The summed E-state index contributed by atoms with van der Waals surface area (Å²) >= 11 is 0. The predicted molar refractivity (Wildman–Crippen MR) is 160 cm³/mol. The lowest BCUT2D eigenvalue weighted by molar-refractivity contribution is -0.141.